The number of fused-ring (bicyclic) bond motifs is 2. The fourth-order valence-corrected chi connectivity index (χ4v) is 7.73. The number of carbonyl (C=O) groups excluding carboxylic acids is 6. The summed E-state index contributed by atoms with van der Waals surface area (Å²) in [6.07, 6.45) is 3.60. The van der Waals surface area contributed by atoms with Gasteiger partial charge in [-0.3, -0.25) is 43.9 Å². The number of hydrogen-bond acceptors (Lipinski definition) is 14. The minimum Gasteiger partial charge on any atom is -0.491 e. The number of imide groups is 2. The summed E-state index contributed by atoms with van der Waals surface area (Å²) < 4.78 is 31.1. The molecule has 3 aliphatic heterocycles. The molecule has 0 aliphatic carbocycles. The number of benzene rings is 3. The largest absolute Gasteiger partial charge is 0.491 e. The second-order valence-electron chi connectivity index (χ2n) is 15.0. The third-order valence-electron chi connectivity index (χ3n) is 10.8. The first-order valence-corrected chi connectivity index (χ1v) is 21.2. The van der Waals surface area contributed by atoms with Crippen molar-refractivity contribution in [2.75, 3.05) is 88.3 Å². The summed E-state index contributed by atoms with van der Waals surface area (Å²) in [7, 11) is 0. The number of piperazine rings is 1. The number of halogens is 2. The number of nitrogens with one attached hydrogen (secondary N) is 4. The van der Waals surface area contributed by atoms with Crippen LogP contribution in [0.15, 0.2) is 67.5 Å². The van der Waals surface area contributed by atoms with Crippen LogP contribution in [0.2, 0.25) is 5.02 Å². The highest BCUT2D eigenvalue weighted by molar-refractivity contribution is 6.31. The van der Waals surface area contributed by atoms with Crippen molar-refractivity contribution >= 4 is 80.8 Å². The molecular formula is C44H47ClFN9O9. The van der Waals surface area contributed by atoms with Gasteiger partial charge in [-0.25, -0.2) is 14.4 Å². The molecule has 2 fully saturated rings. The zero-order valence-electron chi connectivity index (χ0n) is 34.8. The molecule has 3 aliphatic rings. The molecule has 64 heavy (non-hydrogen) atoms. The van der Waals surface area contributed by atoms with Gasteiger partial charge in [0.2, 0.25) is 23.6 Å². The highest BCUT2D eigenvalue weighted by Gasteiger charge is 2.45. The number of nitrogens with zero attached hydrogens (tertiary/aromatic N) is 5. The van der Waals surface area contributed by atoms with Crippen LogP contribution in [0.3, 0.4) is 0 Å². The van der Waals surface area contributed by atoms with E-state index in [0.29, 0.717) is 91.9 Å². The van der Waals surface area contributed by atoms with Crippen LogP contribution in [0.1, 0.15) is 46.4 Å². The molecule has 0 bridgehead atoms. The fraction of sp³-hybridized carbons (Fsp3) is 0.364. The van der Waals surface area contributed by atoms with E-state index < -0.39 is 41.4 Å². The Hall–Kier alpha value is -6.54. The van der Waals surface area contributed by atoms with Crippen molar-refractivity contribution in [1.29, 1.82) is 0 Å². The van der Waals surface area contributed by atoms with Crippen molar-refractivity contribution < 1.29 is 47.4 Å². The van der Waals surface area contributed by atoms with E-state index in [-0.39, 0.29) is 61.1 Å². The lowest BCUT2D eigenvalue weighted by Crippen LogP contribution is -2.54. The molecule has 20 heteroatoms. The molecule has 2 saturated heterocycles. The van der Waals surface area contributed by atoms with Gasteiger partial charge < -0.3 is 35.1 Å². The second-order valence-corrected chi connectivity index (χ2v) is 15.4. The Bertz CT molecular complexity index is 2450. The fourth-order valence-electron chi connectivity index (χ4n) is 7.55. The molecule has 7 rings (SSSR count). The van der Waals surface area contributed by atoms with Crippen molar-refractivity contribution in [2.24, 2.45) is 0 Å². The molecule has 0 saturated carbocycles. The van der Waals surface area contributed by atoms with Gasteiger partial charge in [0, 0.05) is 68.5 Å². The average molecular weight is 900 g/mol. The monoisotopic (exact) mass is 899 g/mol. The van der Waals surface area contributed by atoms with Crippen LogP contribution < -0.4 is 26.0 Å². The molecule has 4 heterocycles. The van der Waals surface area contributed by atoms with E-state index in [9.17, 15) is 33.2 Å². The smallest absolute Gasteiger partial charge is 0.264 e. The molecule has 18 nitrogen and oxygen atoms in total. The minimum atomic E-state index is -1.04. The molecule has 4 aromatic rings. The molecule has 1 atom stereocenters. The minimum absolute atomic E-state index is 0.0155. The normalized spacial score (nSPS) is 16.4. The number of ether oxygens (including phenoxy) is 3. The zero-order chi connectivity index (χ0) is 45.2. The Morgan fingerprint density at radius 2 is 1.73 bits per heavy atom. The maximum Gasteiger partial charge on any atom is 0.264 e. The molecule has 3 aromatic carbocycles. The molecule has 0 spiro atoms. The Kier molecular flexibility index (Phi) is 15.1. The summed E-state index contributed by atoms with van der Waals surface area (Å²) in [6, 6.07) is 11.5. The Morgan fingerprint density at radius 1 is 0.938 bits per heavy atom. The molecule has 336 valence electrons. The van der Waals surface area contributed by atoms with Crippen molar-refractivity contribution in [3.63, 3.8) is 0 Å². The van der Waals surface area contributed by atoms with Gasteiger partial charge in [-0.15, -0.1) is 0 Å². The van der Waals surface area contributed by atoms with Crippen LogP contribution in [0.5, 0.6) is 5.75 Å². The van der Waals surface area contributed by atoms with E-state index in [4.69, 9.17) is 25.8 Å². The van der Waals surface area contributed by atoms with Crippen LogP contribution in [0.25, 0.3) is 10.9 Å². The van der Waals surface area contributed by atoms with Gasteiger partial charge in [0.25, 0.3) is 11.8 Å². The summed E-state index contributed by atoms with van der Waals surface area (Å²) in [5.41, 5.74) is 2.29. The number of hydrogen-bond donors (Lipinski definition) is 4. The summed E-state index contributed by atoms with van der Waals surface area (Å²) in [6.45, 7) is 8.71. The molecule has 6 amide bonds. The number of aromatic nitrogens is 2. The van der Waals surface area contributed by atoms with Crippen molar-refractivity contribution in [3.8, 4) is 5.75 Å². The number of piperidine rings is 1. The van der Waals surface area contributed by atoms with Gasteiger partial charge in [-0.1, -0.05) is 24.2 Å². The molecular weight excluding hydrogens is 853 g/mol. The lowest BCUT2D eigenvalue weighted by atomic mass is 10.0. The molecule has 4 N–H and O–H groups in total. The van der Waals surface area contributed by atoms with E-state index in [0.717, 1.165) is 17.5 Å². The summed E-state index contributed by atoms with van der Waals surface area (Å²) >= 11 is 5.96. The van der Waals surface area contributed by atoms with Crippen LogP contribution in [-0.2, 0) is 28.7 Å². The van der Waals surface area contributed by atoms with Gasteiger partial charge >= 0.3 is 0 Å². The lowest BCUT2D eigenvalue weighted by Gasteiger charge is -2.34. The second kappa shape index (κ2) is 21.2. The number of rotatable bonds is 20. The van der Waals surface area contributed by atoms with Crippen molar-refractivity contribution in [1.82, 2.24) is 30.0 Å². The Labute approximate surface area is 372 Å². The van der Waals surface area contributed by atoms with Gasteiger partial charge in [0.15, 0.2) is 0 Å². The lowest BCUT2D eigenvalue weighted by molar-refractivity contribution is -0.136. The predicted octanol–water partition coefficient (Wildman–Crippen LogP) is 4.14. The zero-order valence-corrected chi connectivity index (χ0v) is 35.6. The molecule has 1 aromatic heterocycles. The van der Waals surface area contributed by atoms with Gasteiger partial charge in [0.05, 0.1) is 66.8 Å². The Balaban J connectivity index is 0.772. The number of anilines is 4. The summed E-state index contributed by atoms with van der Waals surface area (Å²) in [5.74, 6) is -2.37. The average Bonchev–Trinajstić information content (AvgIpc) is 3.54. The number of carbonyl (C=O) groups is 6. The van der Waals surface area contributed by atoms with Crippen LogP contribution in [0.4, 0.5) is 27.3 Å². The quantitative estimate of drug-likeness (QED) is 0.0558. The summed E-state index contributed by atoms with van der Waals surface area (Å²) in [5, 5.41) is 11.8. The van der Waals surface area contributed by atoms with Crippen molar-refractivity contribution in [3.05, 3.63) is 89.5 Å². The van der Waals surface area contributed by atoms with Crippen molar-refractivity contribution in [2.45, 2.75) is 31.7 Å². The van der Waals surface area contributed by atoms with Gasteiger partial charge in [0.1, 0.15) is 29.8 Å². The third-order valence-corrected chi connectivity index (χ3v) is 11.1. The summed E-state index contributed by atoms with van der Waals surface area (Å²) in [4.78, 5) is 89.2. The first kappa shape index (κ1) is 45.5. The Morgan fingerprint density at radius 3 is 2.50 bits per heavy atom. The topological polar surface area (TPSA) is 214 Å². The van der Waals surface area contributed by atoms with E-state index in [1.807, 2.05) is 4.90 Å². The highest BCUT2D eigenvalue weighted by atomic mass is 35.5. The molecule has 0 radical (unpaired) electrons. The van der Waals surface area contributed by atoms with Crippen LogP contribution in [-0.4, -0.2) is 138 Å². The maximum absolute atomic E-state index is 13.7. The standard InChI is InChI=1S/C44H47ClFN9O9/c1-2-37(56)51-34-24-29-33(48-26-49-41(29)50-27-7-8-31(46)30(45)23-27)25-36(34)64-18-4-13-53-14-16-54(17-15-53)39(58)11-19-62-21-22-63-20-12-47-32-6-3-5-28-40(32)44(61)55(43(28)60)35-9-10-38(57)52-42(35)59/h2-3,5-8,23-26,35,47H,1,4,9-22H2,(H,51,56)(H,48,49,50)(H,52,57,59). The SMILES string of the molecule is C=CC(=O)Nc1cc2c(Nc3ccc(F)c(Cl)c3)ncnc2cc1OCCCN1CCN(C(=O)CCOCCOCCNc2cccc3c2C(=O)N(C2CCC(=O)NC2=O)C3=O)CC1. The first-order valence-electron chi connectivity index (χ1n) is 20.8. The molecule has 1 unspecified atom stereocenters. The van der Waals surface area contributed by atoms with Gasteiger partial charge in [-0.2, -0.15) is 0 Å². The van der Waals surface area contributed by atoms with Crippen LogP contribution in [0, 0.1) is 5.82 Å². The highest BCUT2D eigenvalue weighted by Crippen LogP contribution is 2.35. The number of amides is 6. The van der Waals surface area contributed by atoms with Gasteiger partial charge in [-0.05, 0) is 55.3 Å². The predicted molar refractivity (Wildman–Crippen MR) is 234 cm³/mol. The van der Waals surface area contributed by atoms with E-state index >= 15 is 0 Å². The van der Waals surface area contributed by atoms with E-state index in [1.165, 1.54) is 30.6 Å². The third kappa shape index (κ3) is 11.0. The maximum atomic E-state index is 13.7. The van der Waals surface area contributed by atoms with E-state index in [1.54, 1.807) is 24.3 Å². The van der Waals surface area contributed by atoms with Crippen LogP contribution >= 0.6 is 11.6 Å². The van der Waals surface area contributed by atoms with E-state index in [2.05, 4.69) is 42.7 Å². The first-order chi connectivity index (χ1) is 31.0.